The zero-order valence-electron chi connectivity index (χ0n) is 10.5. The van der Waals surface area contributed by atoms with Crippen molar-refractivity contribution < 1.29 is 33.0 Å². The molecule has 6 nitrogen and oxygen atoms in total. The van der Waals surface area contributed by atoms with Crippen molar-refractivity contribution in [2.75, 3.05) is 13.1 Å². The Morgan fingerprint density at radius 2 is 1.90 bits per heavy atom. The lowest BCUT2D eigenvalue weighted by molar-refractivity contribution is -0.144. The number of rotatable bonds is 3. The zero-order valence-corrected chi connectivity index (χ0v) is 10.5. The first-order chi connectivity index (χ1) is 9.19. The minimum atomic E-state index is -4.53. The van der Waals surface area contributed by atoms with Gasteiger partial charge in [-0.2, -0.15) is 13.2 Å². The molecule has 20 heavy (non-hydrogen) atoms. The van der Waals surface area contributed by atoms with E-state index in [4.69, 9.17) is 5.11 Å². The maximum atomic E-state index is 12.5. The van der Waals surface area contributed by atoms with Gasteiger partial charge >= 0.3 is 18.2 Å². The lowest BCUT2D eigenvalue weighted by Crippen LogP contribution is -2.51. The Bertz CT molecular complexity index is 411. The van der Waals surface area contributed by atoms with Crippen LogP contribution >= 0.6 is 0 Å². The summed E-state index contributed by atoms with van der Waals surface area (Å²) in [4.78, 5) is 24.6. The fourth-order valence-electron chi connectivity index (χ4n) is 2.36. The minimum absolute atomic E-state index is 0.161. The number of hydrogen-bond donors (Lipinski definition) is 2. The van der Waals surface area contributed by atoms with Gasteiger partial charge < -0.3 is 20.0 Å². The first-order valence-electron chi connectivity index (χ1n) is 6.24. The Morgan fingerprint density at radius 3 is 2.35 bits per heavy atom. The summed E-state index contributed by atoms with van der Waals surface area (Å²) >= 11 is 0. The number of hydrogen-bond acceptors (Lipinski definition) is 3. The fraction of sp³-hybridized carbons (Fsp3) is 0.818. The van der Waals surface area contributed by atoms with E-state index in [9.17, 15) is 27.9 Å². The second-order valence-corrected chi connectivity index (χ2v) is 5.15. The molecule has 0 aromatic rings. The molecule has 1 aliphatic carbocycles. The van der Waals surface area contributed by atoms with Crippen molar-refractivity contribution in [2.24, 2.45) is 0 Å². The summed E-state index contributed by atoms with van der Waals surface area (Å²) < 4.78 is 37.5. The lowest BCUT2D eigenvalue weighted by atomic mass is 10.2. The summed E-state index contributed by atoms with van der Waals surface area (Å²) in [6.45, 7) is -1.65. The number of aliphatic hydroxyl groups is 1. The third-order valence-corrected chi connectivity index (χ3v) is 3.39. The predicted molar refractivity (Wildman–Crippen MR) is 59.9 cm³/mol. The second-order valence-electron chi connectivity index (χ2n) is 5.15. The largest absolute Gasteiger partial charge is 0.480 e. The number of likely N-dealkylation sites (tertiary alicyclic amines) is 1. The second kappa shape index (κ2) is 5.12. The van der Waals surface area contributed by atoms with Gasteiger partial charge in [0.1, 0.15) is 12.6 Å². The number of urea groups is 1. The Hall–Kier alpha value is -1.51. The number of halogens is 3. The van der Waals surface area contributed by atoms with Gasteiger partial charge in [0.2, 0.25) is 0 Å². The van der Waals surface area contributed by atoms with Crippen LogP contribution in [0.15, 0.2) is 0 Å². The van der Waals surface area contributed by atoms with Gasteiger partial charge in [0.25, 0.3) is 0 Å². The van der Waals surface area contributed by atoms with Crippen LogP contribution in [0, 0.1) is 0 Å². The highest BCUT2D eigenvalue weighted by molar-refractivity contribution is 5.84. The summed E-state index contributed by atoms with van der Waals surface area (Å²) in [6.07, 6.45) is -4.75. The van der Waals surface area contributed by atoms with Crippen LogP contribution in [0.4, 0.5) is 18.0 Å². The number of carbonyl (C=O) groups excluding carboxylic acids is 1. The first kappa shape index (κ1) is 14.9. The van der Waals surface area contributed by atoms with E-state index in [1.165, 1.54) is 0 Å². The summed E-state index contributed by atoms with van der Waals surface area (Å²) in [5, 5.41) is 18.4. The van der Waals surface area contributed by atoms with Crippen molar-refractivity contribution in [2.45, 2.75) is 43.6 Å². The Morgan fingerprint density at radius 1 is 1.30 bits per heavy atom. The van der Waals surface area contributed by atoms with Crippen LogP contribution in [0.1, 0.15) is 19.3 Å². The molecule has 0 aromatic heterocycles. The van der Waals surface area contributed by atoms with Crippen LogP contribution < -0.4 is 0 Å². The van der Waals surface area contributed by atoms with Crippen molar-refractivity contribution in [1.82, 2.24) is 9.80 Å². The molecule has 2 rings (SSSR count). The molecule has 0 aromatic carbocycles. The molecule has 1 aliphatic heterocycles. The minimum Gasteiger partial charge on any atom is -0.480 e. The van der Waals surface area contributed by atoms with Gasteiger partial charge in [-0.3, -0.25) is 0 Å². The molecule has 0 bridgehead atoms. The molecule has 0 radical (unpaired) electrons. The maximum absolute atomic E-state index is 12.5. The smallest absolute Gasteiger partial charge is 0.406 e. The van der Waals surface area contributed by atoms with E-state index in [0.717, 1.165) is 4.90 Å². The van der Waals surface area contributed by atoms with E-state index in [-0.39, 0.29) is 13.0 Å². The van der Waals surface area contributed by atoms with Gasteiger partial charge in [0, 0.05) is 19.0 Å². The molecule has 1 saturated carbocycles. The van der Waals surface area contributed by atoms with Gasteiger partial charge in [-0.25, -0.2) is 9.59 Å². The SMILES string of the molecule is O=C(O)[C@@H]1CC(O)CN1C(=O)N(CC(F)(F)F)C1CC1. The Labute approximate surface area is 112 Å². The average Bonchev–Trinajstić information content (AvgIpc) is 3.06. The van der Waals surface area contributed by atoms with Crippen LogP contribution in [-0.4, -0.2) is 69.5 Å². The lowest BCUT2D eigenvalue weighted by Gasteiger charge is -2.30. The van der Waals surface area contributed by atoms with Gasteiger partial charge in [0.05, 0.1) is 6.10 Å². The van der Waals surface area contributed by atoms with Crippen molar-refractivity contribution in [3.63, 3.8) is 0 Å². The van der Waals surface area contributed by atoms with Crippen molar-refractivity contribution in [3.05, 3.63) is 0 Å². The van der Waals surface area contributed by atoms with Gasteiger partial charge in [0.15, 0.2) is 0 Å². The van der Waals surface area contributed by atoms with Crippen molar-refractivity contribution >= 4 is 12.0 Å². The molecule has 2 amide bonds. The molecule has 0 spiro atoms. The fourth-order valence-corrected chi connectivity index (χ4v) is 2.36. The molecule has 1 unspecified atom stereocenters. The number of alkyl halides is 3. The number of amides is 2. The Kier molecular flexibility index (Phi) is 3.81. The van der Waals surface area contributed by atoms with Gasteiger partial charge in [-0.15, -0.1) is 0 Å². The van der Waals surface area contributed by atoms with Crippen LogP contribution in [0.2, 0.25) is 0 Å². The highest BCUT2D eigenvalue weighted by atomic mass is 19.4. The summed E-state index contributed by atoms with van der Waals surface area (Å²) in [6, 6.07) is -2.72. The third kappa shape index (κ3) is 3.33. The summed E-state index contributed by atoms with van der Waals surface area (Å²) in [7, 11) is 0. The van der Waals surface area contributed by atoms with Gasteiger partial charge in [-0.05, 0) is 12.8 Å². The molecule has 2 aliphatic rings. The normalized spacial score (nSPS) is 26.7. The predicted octanol–water partition coefficient (Wildman–Crippen LogP) is 0.653. The van der Waals surface area contributed by atoms with E-state index < -0.39 is 42.9 Å². The molecule has 9 heteroatoms. The number of β-amino-alcohol motifs (C(OH)–C–C–N with tert-alkyl or cyclic N) is 1. The first-order valence-corrected chi connectivity index (χ1v) is 6.24. The van der Waals surface area contributed by atoms with Crippen LogP contribution in [0.3, 0.4) is 0 Å². The number of nitrogens with zero attached hydrogens (tertiary/aromatic N) is 2. The average molecular weight is 296 g/mol. The van der Waals surface area contributed by atoms with E-state index in [1.807, 2.05) is 0 Å². The monoisotopic (exact) mass is 296 g/mol. The molecule has 1 heterocycles. The van der Waals surface area contributed by atoms with E-state index in [2.05, 4.69) is 0 Å². The quantitative estimate of drug-likeness (QED) is 0.801. The van der Waals surface area contributed by atoms with Crippen LogP contribution in [0.5, 0.6) is 0 Å². The molecule has 1 saturated heterocycles. The van der Waals surface area contributed by atoms with Gasteiger partial charge in [-0.1, -0.05) is 0 Å². The number of carboxylic acids is 1. The van der Waals surface area contributed by atoms with E-state index in [0.29, 0.717) is 17.7 Å². The van der Waals surface area contributed by atoms with Crippen molar-refractivity contribution in [3.8, 4) is 0 Å². The summed E-state index contributed by atoms with van der Waals surface area (Å²) in [5.74, 6) is -1.32. The standard InChI is InChI=1S/C11H15F3N2O4/c12-11(13,14)5-16(6-1-2-6)10(20)15-4-7(17)3-8(15)9(18)19/h6-8,17H,1-5H2,(H,18,19)/t7?,8-/m0/s1. The molecule has 2 atom stereocenters. The Balaban J connectivity index is 2.12. The zero-order chi connectivity index (χ0) is 15.1. The maximum Gasteiger partial charge on any atom is 0.406 e. The molecule has 2 fully saturated rings. The van der Waals surface area contributed by atoms with E-state index in [1.54, 1.807) is 0 Å². The van der Waals surface area contributed by atoms with Crippen molar-refractivity contribution in [1.29, 1.82) is 0 Å². The molecule has 114 valence electrons. The number of carbonyl (C=O) groups is 2. The number of aliphatic hydroxyl groups excluding tert-OH is 1. The van der Waals surface area contributed by atoms with E-state index >= 15 is 0 Å². The molecule has 2 N–H and O–H groups in total. The van der Waals surface area contributed by atoms with Crippen LogP contribution in [-0.2, 0) is 4.79 Å². The molecular formula is C11H15F3N2O4. The number of carboxylic acid groups (broad SMARTS) is 1. The molecular weight excluding hydrogens is 281 g/mol. The topological polar surface area (TPSA) is 81.1 Å². The summed E-state index contributed by atoms with van der Waals surface area (Å²) in [5.41, 5.74) is 0. The third-order valence-electron chi connectivity index (χ3n) is 3.39. The highest BCUT2D eigenvalue weighted by Crippen LogP contribution is 2.32. The number of aliphatic carboxylic acids is 1. The van der Waals surface area contributed by atoms with Crippen LogP contribution in [0.25, 0.3) is 0 Å². The highest BCUT2D eigenvalue weighted by Gasteiger charge is 2.46.